The molecule has 3 aromatic rings. The molecule has 0 saturated heterocycles. The molecule has 0 aromatic heterocycles. The van der Waals surface area contributed by atoms with Crippen molar-refractivity contribution in [2.45, 2.75) is 421 Å². The first kappa shape index (κ1) is 104. The summed E-state index contributed by atoms with van der Waals surface area (Å²) >= 11 is 0. The van der Waals surface area contributed by atoms with Crippen molar-refractivity contribution in [1.82, 2.24) is 0 Å². The van der Waals surface area contributed by atoms with E-state index in [0.29, 0.717) is 0 Å². The maximum atomic E-state index is 2.51. The Morgan fingerprint density at radius 3 is 0.882 bits per heavy atom. The number of hydrogen-bond acceptors (Lipinski definition) is 0. The zero-order chi connectivity index (χ0) is 72.8. The van der Waals surface area contributed by atoms with Crippen LogP contribution in [0, 0.1) is 84.9 Å². The third-order valence-corrected chi connectivity index (χ3v) is 20.4. The molecule has 554 valence electrons. The van der Waals surface area contributed by atoms with Gasteiger partial charge in [0.05, 0.1) is 0 Å². The average molecular weight is 1300 g/mol. The Labute approximate surface area is 594 Å². The molecule has 0 heterocycles. The smallest absolute Gasteiger partial charge is 0.0152 e. The van der Waals surface area contributed by atoms with E-state index >= 15 is 0 Å². The van der Waals surface area contributed by atoms with Gasteiger partial charge in [0.25, 0.3) is 0 Å². The van der Waals surface area contributed by atoms with Crippen molar-refractivity contribution in [3.63, 3.8) is 0 Å². The lowest BCUT2D eigenvalue weighted by atomic mass is 9.65. The summed E-state index contributed by atoms with van der Waals surface area (Å²) in [5.74, 6) is 12.6. The summed E-state index contributed by atoms with van der Waals surface area (Å²) in [6.07, 6.45) is 45.4. The predicted molar refractivity (Wildman–Crippen MR) is 441 cm³/mol. The lowest BCUT2D eigenvalue weighted by molar-refractivity contribution is 0.0974. The monoisotopic (exact) mass is 1300 g/mol. The van der Waals surface area contributed by atoms with Crippen molar-refractivity contribution >= 4 is 0 Å². The quantitative estimate of drug-likeness (QED) is 0.190. The second-order valence-electron chi connectivity index (χ2n) is 26.1. The van der Waals surface area contributed by atoms with Gasteiger partial charge in [0.1, 0.15) is 0 Å². The fourth-order valence-corrected chi connectivity index (χ4v) is 15.1. The van der Waals surface area contributed by atoms with Crippen LogP contribution in [0.3, 0.4) is 0 Å². The summed E-state index contributed by atoms with van der Waals surface area (Å²) < 4.78 is 0. The van der Waals surface area contributed by atoms with Crippen molar-refractivity contribution < 1.29 is 0 Å². The first-order valence-corrected chi connectivity index (χ1v) is 42.5. The highest BCUT2D eigenvalue weighted by atomic mass is 14.4. The number of rotatable bonds is 10. The van der Waals surface area contributed by atoms with Gasteiger partial charge in [-0.15, -0.1) is 0 Å². The molecule has 3 aromatic carbocycles. The normalized spacial score (nSPS) is 24.1. The molecule has 0 nitrogen and oxygen atoms in total. The Bertz CT molecular complexity index is 1710. The van der Waals surface area contributed by atoms with Crippen LogP contribution in [0.1, 0.15) is 416 Å². The first-order chi connectivity index (χ1) is 45.3. The maximum Gasteiger partial charge on any atom is -0.0152 e. The minimum absolute atomic E-state index is 1.02. The van der Waals surface area contributed by atoms with E-state index < -0.39 is 0 Å². The summed E-state index contributed by atoms with van der Waals surface area (Å²) in [6.45, 7) is 68.5. The highest BCUT2D eigenvalue weighted by Gasteiger charge is 2.33. The van der Waals surface area contributed by atoms with Gasteiger partial charge in [-0.3, -0.25) is 0 Å². The van der Waals surface area contributed by atoms with Crippen molar-refractivity contribution in [2.75, 3.05) is 0 Å². The fourth-order valence-electron chi connectivity index (χ4n) is 15.1. The number of aryl methyl sites for hydroxylation is 4. The van der Waals surface area contributed by atoms with Gasteiger partial charge in [-0.05, 0) is 157 Å². The molecule has 0 bridgehead atoms. The van der Waals surface area contributed by atoms with E-state index in [1.807, 2.05) is 125 Å². The molecule has 6 fully saturated rings. The Morgan fingerprint density at radius 1 is 0.290 bits per heavy atom. The molecule has 0 radical (unpaired) electrons. The fraction of sp³-hybridized carbons (Fsp3) is 0.806. The Balaban J connectivity index is -0.000000179. The summed E-state index contributed by atoms with van der Waals surface area (Å²) in [4.78, 5) is 0. The van der Waals surface area contributed by atoms with Crippen LogP contribution >= 0.6 is 0 Å². The molecule has 0 aliphatic heterocycles. The van der Waals surface area contributed by atoms with Crippen LogP contribution < -0.4 is 0 Å². The minimum Gasteiger partial charge on any atom is -0.0683 e. The van der Waals surface area contributed by atoms with Gasteiger partial charge >= 0.3 is 0 Å². The van der Waals surface area contributed by atoms with E-state index in [1.165, 1.54) is 220 Å². The predicted octanol–water partition coefficient (Wildman–Crippen LogP) is 33.9. The molecular weight excluding hydrogens is 1120 g/mol. The average Bonchev–Trinajstić information content (AvgIpc) is 1.62. The van der Waals surface area contributed by atoms with Crippen molar-refractivity contribution in [3.8, 4) is 11.1 Å². The van der Waals surface area contributed by atoms with E-state index in [0.717, 1.165) is 83.9 Å². The van der Waals surface area contributed by atoms with E-state index in [2.05, 4.69) is 170 Å². The van der Waals surface area contributed by atoms with Crippen LogP contribution in [0.25, 0.3) is 11.1 Å². The molecule has 12 atom stereocenters. The minimum atomic E-state index is 1.02. The van der Waals surface area contributed by atoms with E-state index in [-0.39, 0.29) is 0 Å². The van der Waals surface area contributed by atoms with Gasteiger partial charge in [0.15, 0.2) is 0 Å². The summed E-state index contributed by atoms with van der Waals surface area (Å²) in [6, 6.07) is 25.6. The molecule has 0 heteroatoms. The SMILES string of the molecule is CC.CC.CC.CC.CC.CC.CC.CC.CC.CC1CCCCC1C1CCCCC1C.CCC1CCC(C)C1.CCC1CCCC(C)C1.CCC1CCCCC1CC.CCCC1CCCCC1C.CCc1ccccc1CC.Cc1ccccc1-c1ccccc1C. The van der Waals surface area contributed by atoms with Gasteiger partial charge in [-0.25, -0.2) is 0 Å². The number of benzene rings is 3. The molecule has 6 aliphatic rings. The molecular formula is C93H182. The van der Waals surface area contributed by atoms with Crippen LogP contribution in [-0.2, 0) is 12.8 Å². The zero-order valence-electron chi connectivity index (χ0n) is 70.8. The Morgan fingerprint density at radius 2 is 0.602 bits per heavy atom. The lowest BCUT2D eigenvalue weighted by Crippen LogP contribution is -2.31. The van der Waals surface area contributed by atoms with Crippen LogP contribution in [0.4, 0.5) is 0 Å². The van der Waals surface area contributed by atoms with Gasteiger partial charge in [-0.1, -0.05) is 441 Å². The van der Waals surface area contributed by atoms with E-state index in [1.54, 1.807) is 0 Å². The van der Waals surface area contributed by atoms with Crippen molar-refractivity contribution in [3.05, 3.63) is 95.1 Å². The molecule has 12 unspecified atom stereocenters. The molecule has 9 rings (SSSR count). The van der Waals surface area contributed by atoms with Crippen molar-refractivity contribution in [1.29, 1.82) is 0 Å². The van der Waals surface area contributed by atoms with Crippen LogP contribution in [0.2, 0.25) is 0 Å². The van der Waals surface area contributed by atoms with E-state index in [9.17, 15) is 0 Å². The summed E-state index contributed by atoms with van der Waals surface area (Å²) in [7, 11) is 0. The van der Waals surface area contributed by atoms with E-state index in [4.69, 9.17) is 0 Å². The van der Waals surface area contributed by atoms with Crippen LogP contribution in [0.5, 0.6) is 0 Å². The number of hydrogen-bond donors (Lipinski definition) is 0. The molecule has 0 amide bonds. The Kier molecular flexibility index (Phi) is 88.1. The van der Waals surface area contributed by atoms with Crippen molar-refractivity contribution in [2.24, 2.45) is 71.0 Å². The highest BCUT2D eigenvalue weighted by molar-refractivity contribution is 5.70. The summed E-state index contributed by atoms with van der Waals surface area (Å²) in [5, 5.41) is 0. The third-order valence-electron chi connectivity index (χ3n) is 20.4. The van der Waals surface area contributed by atoms with Crippen LogP contribution in [0.15, 0.2) is 72.8 Å². The molecule has 0 N–H and O–H groups in total. The van der Waals surface area contributed by atoms with Gasteiger partial charge in [-0.2, -0.15) is 0 Å². The zero-order valence-corrected chi connectivity index (χ0v) is 70.8. The lowest BCUT2D eigenvalue weighted by Gasteiger charge is -2.41. The molecule has 93 heavy (non-hydrogen) atoms. The molecule has 0 spiro atoms. The topological polar surface area (TPSA) is 0 Å². The second kappa shape index (κ2) is 78.7. The third kappa shape index (κ3) is 50.6. The second-order valence-corrected chi connectivity index (χ2v) is 26.1. The van der Waals surface area contributed by atoms with Crippen LogP contribution in [-0.4, -0.2) is 0 Å². The van der Waals surface area contributed by atoms with Gasteiger partial charge < -0.3 is 0 Å². The molecule has 6 aliphatic carbocycles. The highest BCUT2D eigenvalue weighted by Crippen LogP contribution is 2.44. The maximum absolute atomic E-state index is 2.51. The standard InChI is InChI=1S/C14H26.C14H14.2C10H20.C10H14.C9H18.C8H16.9C2H6/c2*1-11-7-3-5-9-13(11)14-10-6-4-8-12(14)2;1-3-6-10-8-5-4-7-9(10)2;2*1-3-9-7-5-6-8-10(9)4-2;1-3-9-6-4-5-8(2)7-9;1-3-8-5-4-7(2)6-8;9*1-2/h11-14H,3-10H2,1-2H3;3-10H,1-2H3;2*9-10H,3-8H2,1-2H3;5-8H,3-4H2,1-2H3;8-9H,3-7H2,1-2H3;7-8H,3-6H2,1-2H3;9*1-2H3. The molecule has 6 saturated carbocycles. The largest absolute Gasteiger partial charge is 0.0683 e. The Hall–Kier alpha value is -2.34. The first-order valence-electron chi connectivity index (χ1n) is 42.5. The summed E-state index contributed by atoms with van der Waals surface area (Å²) in [5.41, 5.74) is 8.33. The van der Waals surface area contributed by atoms with Gasteiger partial charge in [0, 0.05) is 0 Å². The van der Waals surface area contributed by atoms with Gasteiger partial charge in [0.2, 0.25) is 0 Å².